The number of sulfonamides is 1. The molecule has 0 spiro atoms. The Morgan fingerprint density at radius 2 is 1.13 bits per heavy atom. The molecule has 1 aliphatic rings. The topological polar surface area (TPSA) is 71.1 Å². The summed E-state index contributed by atoms with van der Waals surface area (Å²) >= 11 is 0. The molecule has 1 saturated heterocycles. The number of ether oxygens (including phenoxy) is 2. The molecule has 0 aliphatic carbocycles. The molecule has 0 bridgehead atoms. The number of hydrogen-bond acceptors (Lipinski definition) is 6. The van der Waals surface area contributed by atoms with Crippen LogP contribution in [-0.2, 0) is 10.0 Å². The van der Waals surface area contributed by atoms with E-state index in [0.717, 1.165) is 43.2 Å². The van der Waals surface area contributed by atoms with Crippen molar-refractivity contribution in [1.29, 1.82) is 0 Å². The van der Waals surface area contributed by atoms with E-state index in [1.165, 1.54) is 0 Å². The minimum atomic E-state index is -3.72. The van der Waals surface area contributed by atoms with Crippen molar-refractivity contribution in [2.24, 2.45) is 0 Å². The van der Waals surface area contributed by atoms with E-state index in [4.69, 9.17) is 9.47 Å². The van der Waals surface area contributed by atoms with Crippen LogP contribution in [0.5, 0.6) is 23.0 Å². The van der Waals surface area contributed by atoms with Crippen molar-refractivity contribution < 1.29 is 17.9 Å². The van der Waals surface area contributed by atoms with Crippen LogP contribution in [0.3, 0.4) is 0 Å². The summed E-state index contributed by atoms with van der Waals surface area (Å²) < 4.78 is 41.1. The van der Waals surface area contributed by atoms with E-state index in [-0.39, 0.29) is 17.5 Å². The zero-order valence-electron chi connectivity index (χ0n) is 21.9. The molecule has 1 fully saturated rings. The van der Waals surface area contributed by atoms with E-state index < -0.39 is 10.0 Å². The lowest BCUT2D eigenvalue weighted by atomic mass is 10.0. The number of hydrogen-bond donors (Lipinski definition) is 1. The molecule has 4 aromatic rings. The van der Waals surface area contributed by atoms with Gasteiger partial charge in [0.15, 0.2) is 0 Å². The molecule has 7 nitrogen and oxygen atoms in total. The van der Waals surface area contributed by atoms with Crippen molar-refractivity contribution in [2.75, 3.05) is 39.8 Å². The molecule has 1 atom stereocenters. The molecule has 0 saturated carbocycles. The third-order valence-electron chi connectivity index (χ3n) is 6.80. The highest BCUT2D eigenvalue weighted by Gasteiger charge is 2.26. The molecule has 39 heavy (non-hydrogen) atoms. The van der Waals surface area contributed by atoms with Gasteiger partial charge < -0.3 is 14.4 Å². The van der Waals surface area contributed by atoms with Gasteiger partial charge in [-0.15, -0.1) is 0 Å². The summed E-state index contributed by atoms with van der Waals surface area (Å²) in [5, 5.41) is 0. The summed E-state index contributed by atoms with van der Waals surface area (Å²) in [7, 11) is -1.61. The van der Waals surface area contributed by atoms with Crippen molar-refractivity contribution >= 4 is 10.0 Å². The number of likely N-dealkylation sites (N-methyl/N-ethyl adjacent to an activating group) is 1. The molecule has 1 aliphatic heterocycles. The Bertz CT molecular complexity index is 1420. The van der Waals surface area contributed by atoms with Gasteiger partial charge in [-0.25, -0.2) is 13.1 Å². The number of nitrogens with zero attached hydrogens (tertiary/aromatic N) is 2. The van der Waals surface area contributed by atoms with Gasteiger partial charge in [-0.1, -0.05) is 48.5 Å². The van der Waals surface area contributed by atoms with E-state index in [0.29, 0.717) is 11.5 Å². The molecular weight excluding hydrogens is 510 g/mol. The summed E-state index contributed by atoms with van der Waals surface area (Å²) in [5.41, 5.74) is 1.04. The zero-order chi connectivity index (χ0) is 27.1. The second kappa shape index (κ2) is 12.4. The maximum absolute atomic E-state index is 13.2. The van der Waals surface area contributed by atoms with Crippen molar-refractivity contribution in [3.05, 3.63) is 115 Å². The van der Waals surface area contributed by atoms with Gasteiger partial charge in [0.25, 0.3) is 0 Å². The van der Waals surface area contributed by atoms with Crippen molar-refractivity contribution in [3.8, 4) is 23.0 Å². The van der Waals surface area contributed by atoms with Crippen LogP contribution in [0.1, 0.15) is 11.6 Å². The minimum Gasteiger partial charge on any atom is -0.457 e. The van der Waals surface area contributed by atoms with Gasteiger partial charge in [-0.05, 0) is 73.3 Å². The van der Waals surface area contributed by atoms with E-state index in [1.54, 1.807) is 24.3 Å². The number of nitrogens with one attached hydrogen (secondary N) is 1. The van der Waals surface area contributed by atoms with E-state index in [9.17, 15) is 8.42 Å². The first-order chi connectivity index (χ1) is 19.0. The molecule has 1 unspecified atom stereocenters. The molecule has 8 heteroatoms. The van der Waals surface area contributed by atoms with Crippen LogP contribution in [0.25, 0.3) is 0 Å². The zero-order valence-corrected chi connectivity index (χ0v) is 22.8. The Morgan fingerprint density at radius 1 is 0.667 bits per heavy atom. The Labute approximate surface area is 230 Å². The highest BCUT2D eigenvalue weighted by atomic mass is 32.2. The van der Waals surface area contributed by atoms with Gasteiger partial charge >= 0.3 is 0 Å². The Morgan fingerprint density at radius 3 is 1.64 bits per heavy atom. The maximum atomic E-state index is 13.2. The van der Waals surface area contributed by atoms with Crippen LogP contribution in [0.2, 0.25) is 0 Å². The summed E-state index contributed by atoms with van der Waals surface area (Å²) in [6, 6.07) is 33.3. The van der Waals surface area contributed by atoms with Crippen LogP contribution in [0.4, 0.5) is 0 Å². The van der Waals surface area contributed by atoms with Crippen molar-refractivity contribution in [1.82, 2.24) is 14.5 Å². The van der Waals surface area contributed by atoms with Crippen molar-refractivity contribution in [2.45, 2.75) is 10.9 Å². The van der Waals surface area contributed by atoms with Gasteiger partial charge in [-0.2, -0.15) is 0 Å². The van der Waals surface area contributed by atoms with E-state index in [2.05, 4.69) is 21.6 Å². The lowest BCUT2D eigenvalue weighted by Gasteiger charge is -2.38. The lowest BCUT2D eigenvalue weighted by molar-refractivity contribution is 0.113. The average molecular weight is 544 g/mol. The molecule has 0 amide bonds. The van der Waals surface area contributed by atoms with Gasteiger partial charge in [0.05, 0.1) is 4.90 Å². The fraction of sp³-hybridized carbons (Fsp3) is 0.226. The summed E-state index contributed by atoms with van der Waals surface area (Å²) in [4.78, 5) is 4.83. The monoisotopic (exact) mass is 543 g/mol. The van der Waals surface area contributed by atoms with Crippen LogP contribution in [0.15, 0.2) is 114 Å². The number of benzene rings is 4. The van der Waals surface area contributed by atoms with Crippen LogP contribution in [0, 0.1) is 0 Å². The number of piperazine rings is 1. The van der Waals surface area contributed by atoms with Crippen molar-refractivity contribution in [3.63, 3.8) is 0 Å². The molecule has 0 radical (unpaired) electrons. The fourth-order valence-electron chi connectivity index (χ4n) is 4.56. The molecule has 1 heterocycles. The lowest BCUT2D eigenvalue weighted by Crippen LogP contribution is -2.48. The van der Waals surface area contributed by atoms with Crippen LogP contribution in [-0.4, -0.2) is 58.0 Å². The summed E-state index contributed by atoms with van der Waals surface area (Å²) in [6.45, 7) is 3.84. The highest BCUT2D eigenvalue weighted by molar-refractivity contribution is 7.89. The fourth-order valence-corrected chi connectivity index (χ4v) is 5.60. The average Bonchev–Trinajstić information content (AvgIpc) is 2.96. The van der Waals surface area contributed by atoms with Gasteiger partial charge in [-0.3, -0.25) is 4.90 Å². The molecule has 202 valence electrons. The highest BCUT2D eigenvalue weighted by Crippen LogP contribution is 2.27. The summed E-state index contributed by atoms with van der Waals surface area (Å²) in [5.74, 6) is 2.78. The molecular formula is C31H33N3O4S. The van der Waals surface area contributed by atoms with Gasteiger partial charge in [0, 0.05) is 38.8 Å². The summed E-state index contributed by atoms with van der Waals surface area (Å²) in [6.07, 6.45) is 0. The Balaban J connectivity index is 1.28. The van der Waals surface area contributed by atoms with E-state index in [1.807, 2.05) is 84.9 Å². The third kappa shape index (κ3) is 7.25. The first-order valence-electron chi connectivity index (χ1n) is 13.0. The standard InChI is InChI=1S/C31H33N3O4S/c1-33-20-22-34(23-21-33)31(25-12-14-28(15-13-25)37-26-8-4-2-5-9-26)24-32-39(35,36)30-18-16-29(17-19-30)38-27-10-6-3-7-11-27/h2-19,31-32H,20-24H2,1H3. The SMILES string of the molecule is CN1CCN(C(CNS(=O)(=O)c2ccc(Oc3ccccc3)cc2)c2ccc(Oc3ccccc3)cc2)CC1. The Hall–Kier alpha value is -3.69. The smallest absolute Gasteiger partial charge is 0.240 e. The first kappa shape index (κ1) is 26.9. The largest absolute Gasteiger partial charge is 0.457 e. The molecule has 0 aromatic heterocycles. The third-order valence-corrected chi connectivity index (χ3v) is 8.24. The van der Waals surface area contributed by atoms with Crippen LogP contribution < -0.4 is 14.2 Å². The molecule has 1 N–H and O–H groups in total. The van der Waals surface area contributed by atoms with Gasteiger partial charge in [0.2, 0.25) is 10.0 Å². The number of rotatable bonds is 10. The second-order valence-electron chi connectivity index (χ2n) is 9.58. The van der Waals surface area contributed by atoms with E-state index >= 15 is 0 Å². The maximum Gasteiger partial charge on any atom is 0.240 e. The van der Waals surface area contributed by atoms with Gasteiger partial charge in [0.1, 0.15) is 23.0 Å². The predicted molar refractivity (Wildman–Crippen MR) is 153 cm³/mol. The molecule has 4 aromatic carbocycles. The number of para-hydroxylation sites is 2. The Kier molecular flexibility index (Phi) is 8.58. The predicted octanol–water partition coefficient (Wildman–Crippen LogP) is 5.54. The second-order valence-corrected chi connectivity index (χ2v) is 11.3. The minimum absolute atomic E-state index is 0.111. The first-order valence-corrected chi connectivity index (χ1v) is 14.5. The van der Waals surface area contributed by atoms with Crippen LogP contribution >= 0.6 is 0 Å². The quantitative estimate of drug-likeness (QED) is 0.283. The normalized spacial score (nSPS) is 15.5. The molecule has 5 rings (SSSR count).